The van der Waals surface area contributed by atoms with E-state index in [1.807, 2.05) is 30.3 Å². The second kappa shape index (κ2) is 7.84. The smallest absolute Gasteiger partial charge is 0.265 e. The first-order valence-electron chi connectivity index (χ1n) is 8.20. The molecule has 0 radical (unpaired) electrons. The van der Waals surface area contributed by atoms with Crippen LogP contribution in [0, 0.1) is 11.8 Å². The SMILES string of the molecule is CC(C)C(CNS(=O)(=O)c1cc(C(N)=O)n(C)c1)Cc1ccccc1. The van der Waals surface area contributed by atoms with E-state index < -0.39 is 15.9 Å². The molecule has 2 rings (SSSR count). The summed E-state index contributed by atoms with van der Waals surface area (Å²) < 4.78 is 29.1. The summed E-state index contributed by atoms with van der Waals surface area (Å²) >= 11 is 0. The Balaban J connectivity index is 2.11. The number of nitrogens with two attached hydrogens (primary N) is 1. The number of carbonyl (C=O) groups excluding carboxylic acids is 1. The first-order valence-corrected chi connectivity index (χ1v) is 9.68. The summed E-state index contributed by atoms with van der Waals surface area (Å²) in [6.07, 6.45) is 2.19. The number of aromatic nitrogens is 1. The fraction of sp³-hybridized carbons (Fsp3) is 0.389. The highest BCUT2D eigenvalue weighted by Crippen LogP contribution is 2.18. The number of nitrogens with one attached hydrogen (secondary N) is 1. The van der Waals surface area contributed by atoms with E-state index in [4.69, 9.17) is 5.73 Å². The van der Waals surface area contributed by atoms with Crippen LogP contribution >= 0.6 is 0 Å². The van der Waals surface area contributed by atoms with Crippen molar-refractivity contribution >= 4 is 15.9 Å². The lowest BCUT2D eigenvalue weighted by Crippen LogP contribution is -2.32. The van der Waals surface area contributed by atoms with Gasteiger partial charge in [-0.05, 0) is 29.9 Å². The Morgan fingerprint density at radius 1 is 1.24 bits per heavy atom. The Hall–Kier alpha value is -2.12. The average molecular weight is 363 g/mol. The molecular weight excluding hydrogens is 338 g/mol. The summed E-state index contributed by atoms with van der Waals surface area (Å²) in [5.41, 5.74) is 6.58. The quantitative estimate of drug-likeness (QED) is 0.750. The van der Waals surface area contributed by atoms with Crippen molar-refractivity contribution in [1.82, 2.24) is 9.29 Å². The molecule has 7 heteroatoms. The molecule has 1 aromatic heterocycles. The van der Waals surface area contributed by atoms with Crippen LogP contribution < -0.4 is 10.5 Å². The van der Waals surface area contributed by atoms with E-state index in [9.17, 15) is 13.2 Å². The monoisotopic (exact) mass is 363 g/mol. The average Bonchev–Trinajstić information content (AvgIpc) is 2.95. The van der Waals surface area contributed by atoms with Gasteiger partial charge in [-0.1, -0.05) is 44.2 Å². The fourth-order valence-corrected chi connectivity index (χ4v) is 3.85. The molecule has 0 aliphatic rings. The predicted molar refractivity (Wildman–Crippen MR) is 97.6 cm³/mol. The Morgan fingerprint density at radius 3 is 2.40 bits per heavy atom. The molecule has 3 N–H and O–H groups in total. The standard InChI is InChI=1S/C18H25N3O3S/c1-13(2)15(9-14-7-5-4-6-8-14)11-20-25(23,24)16-10-17(18(19)22)21(3)12-16/h4-8,10,12-13,15,20H,9,11H2,1-3H3,(H2,19,22). The fourth-order valence-electron chi connectivity index (χ4n) is 2.69. The Bertz CT molecular complexity index is 827. The second-order valence-electron chi connectivity index (χ2n) is 6.58. The van der Waals surface area contributed by atoms with Crippen LogP contribution in [0.5, 0.6) is 0 Å². The summed E-state index contributed by atoms with van der Waals surface area (Å²) in [6, 6.07) is 11.3. The van der Waals surface area contributed by atoms with E-state index in [-0.39, 0.29) is 16.5 Å². The topological polar surface area (TPSA) is 94.2 Å². The van der Waals surface area contributed by atoms with Crippen LogP contribution in [0.25, 0.3) is 0 Å². The van der Waals surface area contributed by atoms with Gasteiger partial charge in [-0.3, -0.25) is 4.79 Å². The van der Waals surface area contributed by atoms with Gasteiger partial charge in [-0.15, -0.1) is 0 Å². The third kappa shape index (κ3) is 4.93. The maximum atomic E-state index is 12.5. The number of hydrogen-bond acceptors (Lipinski definition) is 3. The van der Waals surface area contributed by atoms with E-state index in [0.29, 0.717) is 12.5 Å². The molecule has 136 valence electrons. The first-order chi connectivity index (χ1) is 11.7. The van der Waals surface area contributed by atoms with Crippen LogP contribution in [0.4, 0.5) is 0 Å². The number of nitrogens with zero attached hydrogens (tertiary/aromatic N) is 1. The molecule has 1 amide bonds. The molecule has 0 spiro atoms. The molecule has 0 saturated heterocycles. The van der Waals surface area contributed by atoms with E-state index in [2.05, 4.69) is 18.6 Å². The molecule has 6 nitrogen and oxygen atoms in total. The summed E-state index contributed by atoms with van der Waals surface area (Å²) in [7, 11) is -2.11. The Morgan fingerprint density at radius 2 is 1.88 bits per heavy atom. The minimum absolute atomic E-state index is 0.0472. The Kier molecular flexibility index (Phi) is 6.02. The van der Waals surface area contributed by atoms with Crippen molar-refractivity contribution in [3.63, 3.8) is 0 Å². The largest absolute Gasteiger partial charge is 0.364 e. The minimum atomic E-state index is -3.69. The van der Waals surface area contributed by atoms with Crippen molar-refractivity contribution < 1.29 is 13.2 Å². The molecule has 2 aromatic rings. The molecule has 1 heterocycles. The van der Waals surface area contributed by atoms with Crippen molar-refractivity contribution in [2.75, 3.05) is 6.54 Å². The number of sulfonamides is 1. The van der Waals surface area contributed by atoms with Crippen LogP contribution in [0.1, 0.15) is 29.9 Å². The molecule has 0 saturated carbocycles. The number of hydrogen-bond donors (Lipinski definition) is 2. The van der Waals surface area contributed by atoms with Gasteiger partial charge in [-0.2, -0.15) is 0 Å². The van der Waals surface area contributed by atoms with Crippen LogP contribution in [-0.2, 0) is 23.5 Å². The second-order valence-corrected chi connectivity index (χ2v) is 8.35. The molecule has 1 atom stereocenters. The van der Waals surface area contributed by atoms with Crippen molar-refractivity contribution in [2.45, 2.75) is 25.2 Å². The van der Waals surface area contributed by atoms with E-state index in [0.717, 1.165) is 6.42 Å². The van der Waals surface area contributed by atoms with Crippen molar-refractivity contribution in [3.8, 4) is 0 Å². The van der Waals surface area contributed by atoms with Gasteiger partial charge < -0.3 is 10.3 Å². The summed E-state index contributed by atoms with van der Waals surface area (Å²) in [6.45, 7) is 4.49. The number of carbonyl (C=O) groups is 1. The predicted octanol–water partition coefficient (Wildman–Crippen LogP) is 1.92. The van der Waals surface area contributed by atoms with Crippen LogP contribution in [0.3, 0.4) is 0 Å². The highest BCUT2D eigenvalue weighted by atomic mass is 32.2. The zero-order valence-electron chi connectivity index (χ0n) is 14.8. The highest BCUT2D eigenvalue weighted by molar-refractivity contribution is 7.89. The molecule has 0 fully saturated rings. The number of benzene rings is 1. The maximum Gasteiger partial charge on any atom is 0.265 e. The number of amides is 1. The minimum Gasteiger partial charge on any atom is -0.364 e. The van der Waals surface area contributed by atoms with Gasteiger partial charge >= 0.3 is 0 Å². The normalized spacial score (nSPS) is 13.1. The van der Waals surface area contributed by atoms with Gasteiger partial charge in [0.2, 0.25) is 10.0 Å². The van der Waals surface area contributed by atoms with E-state index in [1.54, 1.807) is 7.05 Å². The van der Waals surface area contributed by atoms with Gasteiger partial charge in [0.15, 0.2) is 0 Å². The maximum absolute atomic E-state index is 12.5. The molecule has 0 bridgehead atoms. The van der Waals surface area contributed by atoms with Crippen molar-refractivity contribution in [2.24, 2.45) is 24.6 Å². The summed E-state index contributed by atoms with van der Waals surface area (Å²) in [4.78, 5) is 11.4. The molecule has 0 aliphatic heterocycles. The van der Waals surface area contributed by atoms with Gasteiger partial charge in [0.05, 0.1) is 0 Å². The summed E-state index contributed by atoms with van der Waals surface area (Å²) in [5, 5.41) is 0. The molecule has 25 heavy (non-hydrogen) atoms. The lowest BCUT2D eigenvalue weighted by atomic mass is 9.89. The first kappa shape index (κ1) is 19.2. The molecular formula is C18H25N3O3S. The van der Waals surface area contributed by atoms with Gasteiger partial charge in [0.1, 0.15) is 10.6 Å². The lowest BCUT2D eigenvalue weighted by Gasteiger charge is -2.21. The van der Waals surface area contributed by atoms with E-state index in [1.165, 1.54) is 22.4 Å². The van der Waals surface area contributed by atoms with Gasteiger partial charge in [0.25, 0.3) is 5.91 Å². The van der Waals surface area contributed by atoms with Crippen molar-refractivity contribution in [1.29, 1.82) is 0 Å². The van der Waals surface area contributed by atoms with Gasteiger partial charge in [-0.25, -0.2) is 13.1 Å². The van der Waals surface area contributed by atoms with Crippen LogP contribution in [-0.4, -0.2) is 25.4 Å². The molecule has 1 unspecified atom stereocenters. The van der Waals surface area contributed by atoms with Crippen LogP contribution in [0.15, 0.2) is 47.5 Å². The zero-order valence-corrected chi connectivity index (χ0v) is 15.6. The number of aryl methyl sites for hydroxylation is 1. The van der Waals surface area contributed by atoms with Crippen molar-refractivity contribution in [3.05, 3.63) is 53.9 Å². The third-order valence-electron chi connectivity index (χ3n) is 4.36. The molecule has 0 aliphatic carbocycles. The number of primary amides is 1. The number of rotatable bonds is 8. The van der Waals surface area contributed by atoms with Gasteiger partial charge in [0, 0.05) is 19.8 Å². The lowest BCUT2D eigenvalue weighted by molar-refractivity contribution is 0.0992. The van der Waals surface area contributed by atoms with Crippen LogP contribution in [0.2, 0.25) is 0 Å². The Labute approximate surface area is 149 Å². The molecule has 1 aromatic carbocycles. The third-order valence-corrected chi connectivity index (χ3v) is 5.75. The summed E-state index contributed by atoms with van der Waals surface area (Å²) in [5.74, 6) is -0.176. The van der Waals surface area contributed by atoms with E-state index >= 15 is 0 Å². The highest BCUT2D eigenvalue weighted by Gasteiger charge is 2.22. The zero-order chi connectivity index (χ0) is 18.6.